The van der Waals surface area contributed by atoms with Gasteiger partial charge in [-0.15, -0.1) is 11.3 Å². The summed E-state index contributed by atoms with van der Waals surface area (Å²) < 4.78 is 5.39. The second-order valence-electron chi connectivity index (χ2n) is 22.9. The second kappa shape index (κ2) is 15.0. The first-order valence-corrected chi connectivity index (χ1v) is 31.9. The van der Waals surface area contributed by atoms with Crippen LogP contribution in [0.3, 0.4) is 0 Å². The van der Waals surface area contributed by atoms with Crippen molar-refractivity contribution in [3.63, 3.8) is 0 Å². The van der Waals surface area contributed by atoms with Gasteiger partial charge in [0.25, 0.3) is 0 Å². The van der Waals surface area contributed by atoms with Crippen LogP contribution in [0, 0.1) is 13.8 Å². The molecule has 0 aliphatic heterocycles. The minimum Gasteiger partial charge on any atom is -0.311 e. The SMILES string of the molecule is Cc1ccc(N(c2ccc3c(c2)sc2c4cc(C(C)(C)C)cc5c6c(n(c54)c32)C(C)(C)c2cc(N(c3ccc([Si](C)(C)C)cc3)c3ccccc3[Si](C)(C)C)ccc2-6)c2ccccc2C)cc1. The lowest BCUT2D eigenvalue weighted by atomic mass is 9.85. The zero-order chi connectivity index (χ0) is 47.1. The third-order valence-electron chi connectivity index (χ3n) is 14.7. The molecule has 3 aromatic heterocycles. The lowest BCUT2D eigenvalue weighted by molar-refractivity contribution is 0.592. The second-order valence-corrected chi connectivity index (χ2v) is 34.1. The molecule has 1 aliphatic rings. The van der Waals surface area contributed by atoms with E-state index in [-0.39, 0.29) is 10.8 Å². The maximum Gasteiger partial charge on any atom is 0.0803 e. The lowest BCUT2D eigenvalue weighted by Gasteiger charge is -2.32. The third-order valence-corrected chi connectivity index (χ3v) is 20.0. The number of rotatable bonds is 8. The highest BCUT2D eigenvalue weighted by Gasteiger charge is 2.43. The highest BCUT2D eigenvalue weighted by molar-refractivity contribution is 7.26. The van der Waals surface area contributed by atoms with Gasteiger partial charge in [0.05, 0.1) is 31.9 Å². The van der Waals surface area contributed by atoms with Gasteiger partial charge in [0.1, 0.15) is 0 Å². The van der Waals surface area contributed by atoms with Crippen LogP contribution in [-0.4, -0.2) is 20.5 Å². The van der Waals surface area contributed by atoms with E-state index >= 15 is 0 Å². The Balaban J connectivity index is 1.14. The van der Waals surface area contributed by atoms with E-state index in [0.717, 1.165) is 0 Å². The topological polar surface area (TPSA) is 10.9 Å². The van der Waals surface area contributed by atoms with Crippen LogP contribution in [0.5, 0.6) is 0 Å². The van der Waals surface area contributed by atoms with E-state index in [1.54, 1.807) is 0 Å². The number of para-hydroxylation sites is 2. The summed E-state index contributed by atoms with van der Waals surface area (Å²) in [5.74, 6) is 0. The number of nitrogens with zero attached hydrogens (tertiary/aromatic N) is 3. The summed E-state index contributed by atoms with van der Waals surface area (Å²) in [6, 6.07) is 56.0. The van der Waals surface area contributed by atoms with Gasteiger partial charge in [-0.05, 0) is 126 Å². The zero-order valence-electron chi connectivity index (χ0n) is 41.6. The number of thiophene rings is 1. The Morgan fingerprint density at radius 1 is 0.552 bits per heavy atom. The quantitative estimate of drug-likeness (QED) is 0.141. The molecule has 67 heavy (non-hydrogen) atoms. The van der Waals surface area contributed by atoms with Gasteiger partial charge in [0.15, 0.2) is 0 Å². The molecule has 0 spiro atoms. The predicted octanol–water partition coefficient (Wildman–Crippen LogP) is 17.1. The first-order chi connectivity index (χ1) is 31.7. The highest BCUT2D eigenvalue weighted by Crippen LogP contribution is 2.58. The monoisotopic (exact) mass is 925 g/mol. The van der Waals surface area contributed by atoms with Crippen LogP contribution in [0.2, 0.25) is 39.3 Å². The zero-order valence-corrected chi connectivity index (χ0v) is 44.4. The Morgan fingerprint density at radius 2 is 1.13 bits per heavy atom. The molecule has 3 heterocycles. The summed E-state index contributed by atoms with van der Waals surface area (Å²) in [5, 5.41) is 7.01. The van der Waals surface area contributed by atoms with Crippen LogP contribution in [0.25, 0.3) is 47.7 Å². The lowest BCUT2D eigenvalue weighted by Crippen LogP contribution is -2.40. The average Bonchev–Trinajstić information content (AvgIpc) is 3.98. The minimum atomic E-state index is -1.73. The minimum absolute atomic E-state index is 0.0234. The van der Waals surface area contributed by atoms with Gasteiger partial charge in [-0.25, -0.2) is 0 Å². The molecule has 1 aliphatic carbocycles. The van der Waals surface area contributed by atoms with Crippen molar-refractivity contribution in [1.29, 1.82) is 0 Å². The molecule has 3 nitrogen and oxygen atoms in total. The Hall–Kier alpha value is -5.93. The van der Waals surface area contributed by atoms with E-state index in [1.807, 2.05) is 11.3 Å². The predicted molar refractivity (Wildman–Crippen MR) is 300 cm³/mol. The van der Waals surface area contributed by atoms with E-state index in [1.165, 1.54) is 120 Å². The fourth-order valence-corrected chi connectivity index (χ4v) is 15.0. The Bertz CT molecular complexity index is 3570. The van der Waals surface area contributed by atoms with Crippen molar-refractivity contribution in [3.05, 3.63) is 174 Å². The van der Waals surface area contributed by atoms with Crippen molar-refractivity contribution >= 4 is 109 Å². The largest absolute Gasteiger partial charge is 0.311 e. The van der Waals surface area contributed by atoms with Gasteiger partial charge >= 0.3 is 0 Å². The number of anilines is 6. The molecular weight excluding hydrogens is 863 g/mol. The molecule has 0 saturated heterocycles. The van der Waals surface area contributed by atoms with Crippen LogP contribution in [0.15, 0.2) is 146 Å². The van der Waals surface area contributed by atoms with Crippen LogP contribution in [-0.2, 0) is 10.8 Å². The Labute approximate surface area is 403 Å². The van der Waals surface area contributed by atoms with Gasteiger partial charge in [0.2, 0.25) is 0 Å². The van der Waals surface area contributed by atoms with E-state index < -0.39 is 16.1 Å². The van der Waals surface area contributed by atoms with Crippen LogP contribution >= 0.6 is 11.3 Å². The van der Waals surface area contributed by atoms with Crippen molar-refractivity contribution in [2.45, 2.75) is 98.6 Å². The average molecular weight is 926 g/mol. The van der Waals surface area contributed by atoms with Gasteiger partial charge in [-0.2, -0.15) is 0 Å². The van der Waals surface area contributed by atoms with Crippen LogP contribution in [0.1, 0.15) is 62.6 Å². The van der Waals surface area contributed by atoms with Gasteiger partial charge in [-0.3, -0.25) is 0 Å². The molecule has 11 rings (SSSR count). The molecule has 0 unspecified atom stereocenters. The standard InChI is InChI=1S/C61H63N3SSi2/c1-38-22-24-41(25-23-38)62(51-19-15-14-18-39(51)2)44-29-33-47-53(37-44)65-58-49-35-40(60(3,4)5)34-48-55-46-32-28-43(36-50(46)61(6,7)59(55)64(56(48)49)57(47)58)63(42-26-30-45(31-27-42)66(8,9)10)52-20-16-17-21-54(52)67(11,12)13/h14-37H,1-13H3. The smallest absolute Gasteiger partial charge is 0.0803 e. The van der Waals surface area contributed by atoms with E-state index in [4.69, 9.17) is 0 Å². The molecule has 0 N–H and O–H groups in total. The summed E-state index contributed by atoms with van der Waals surface area (Å²) in [6.45, 7) is 31.2. The Morgan fingerprint density at radius 3 is 1.79 bits per heavy atom. The van der Waals surface area contributed by atoms with Crippen LogP contribution in [0.4, 0.5) is 34.1 Å². The summed E-state index contributed by atoms with van der Waals surface area (Å²) in [4.78, 5) is 4.99. The molecule has 0 atom stereocenters. The van der Waals surface area contributed by atoms with Crippen molar-refractivity contribution in [2.75, 3.05) is 9.80 Å². The van der Waals surface area contributed by atoms with Gasteiger partial charge in [0, 0.05) is 71.7 Å². The molecule has 0 amide bonds. The maximum atomic E-state index is 2.70. The summed E-state index contributed by atoms with van der Waals surface area (Å²) >= 11 is 1.96. The number of aryl methyl sites for hydroxylation is 2. The number of hydrogen-bond acceptors (Lipinski definition) is 3. The molecule has 336 valence electrons. The highest BCUT2D eigenvalue weighted by atomic mass is 32.1. The van der Waals surface area contributed by atoms with Gasteiger partial charge in [-0.1, -0.05) is 151 Å². The van der Waals surface area contributed by atoms with Gasteiger partial charge < -0.3 is 14.2 Å². The normalized spacial score (nSPS) is 13.9. The number of aromatic nitrogens is 1. The van der Waals surface area contributed by atoms with Crippen molar-refractivity contribution in [2.24, 2.45) is 0 Å². The molecule has 6 heteroatoms. The third kappa shape index (κ3) is 6.84. The first-order valence-electron chi connectivity index (χ1n) is 24.1. The molecule has 0 bridgehead atoms. The number of hydrogen-bond donors (Lipinski definition) is 0. The maximum absolute atomic E-state index is 2.70. The molecular formula is C61H63N3SSi2. The summed E-state index contributed by atoms with van der Waals surface area (Å²) in [7, 11) is -3.22. The number of fused-ring (bicyclic) bond motifs is 10. The van der Waals surface area contributed by atoms with Crippen LogP contribution < -0.4 is 20.2 Å². The van der Waals surface area contributed by atoms with E-state index in [2.05, 4.69) is 248 Å². The van der Waals surface area contributed by atoms with E-state index in [0.29, 0.717) is 0 Å². The van der Waals surface area contributed by atoms with Crippen molar-refractivity contribution in [3.8, 4) is 11.1 Å². The summed E-state index contributed by atoms with van der Waals surface area (Å²) in [5.41, 5.74) is 19.1. The molecule has 7 aromatic carbocycles. The molecule has 0 radical (unpaired) electrons. The fraction of sp³-hybridized carbons (Fsp3) is 0.246. The van der Waals surface area contributed by atoms with E-state index in [9.17, 15) is 0 Å². The Kier molecular flexibility index (Phi) is 9.79. The van der Waals surface area contributed by atoms with Crippen molar-refractivity contribution in [1.82, 2.24) is 4.40 Å². The van der Waals surface area contributed by atoms with Crippen molar-refractivity contribution < 1.29 is 0 Å². The first kappa shape index (κ1) is 43.6. The molecule has 0 fully saturated rings. The molecule has 10 aromatic rings. The molecule has 0 saturated carbocycles. The number of benzene rings is 7. The fourth-order valence-electron chi connectivity index (χ4n) is 11.0. The summed E-state index contributed by atoms with van der Waals surface area (Å²) in [6.07, 6.45) is 0.